The van der Waals surface area contributed by atoms with E-state index in [1.807, 2.05) is 49.4 Å². The molecule has 0 aliphatic carbocycles. The smallest absolute Gasteiger partial charge is 0.332 e. The van der Waals surface area contributed by atoms with E-state index in [0.29, 0.717) is 30.8 Å². The Bertz CT molecular complexity index is 1650. The zero-order valence-corrected chi connectivity index (χ0v) is 22.2. The number of H-pyrrole nitrogens is 1. The van der Waals surface area contributed by atoms with Gasteiger partial charge in [0.05, 0.1) is 17.4 Å². The minimum Gasteiger partial charge on any atom is -0.376 e. The third kappa shape index (κ3) is 3.82. The summed E-state index contributed by atoms with van der Waals surface area (Å²) in [4.78, 5) is 48.2. The zero-order chi connectivity index (χ0) is 27.4. The first-order valence-electron chi connectivity index (χ1n) is 13.8. The third-order valence-corrected chi connectivity index (χ3v) is 8.44. The fraction of sp³-hybridized carbons (Fsp3) is 0.281. The monoisotopic (exact) mass is 534 g/mol. The average Bonchev–Trinajstić information content (AvgIpc) is 3.69. The van der Waals surface area contributed by atoms with E-state index in [2.05, 4.69) is 16.4 Å². The lowest BCUT2D eigenvalue weighted by atomic mass is 9.87. The number of ether oxygens (including phenoxy) is 1. The van der Waals surface area contributed by atoms with Crippen molar-refractivity contribution in [2.45, 2.75) is 44.4 Å². The second-order valence-electron chi connectivity index (χ2n) is 10.8. The number of urea groups is 1. The number of carbonyl (C=O) groups is 3. The van der Waals surface area contributed by atoms with Crippen molar-refractivity contribution in [3.8, 4) is 0 Å². The molecular weight excluding hydrogens is 504 g/mol. The lowest BCUT2D eigenvalue weighted by Gasteiger charge is -2.36. The number of para-hydroxylation sites is 2. The molecule has 4 amide bonds. The van der Waals surface area contributed by atoms with E-state index >= 15 is 0 Å². The largest absolute Gasteiger partial charge is 0.376 e. The highest BCUT2D eigenvalue weighted by Gasteiger charge is 2.53. The van der Waals surface area contributed by atoms with Gasteiger partial charge in [-0.2, -0.15) is 0 Å². The molecule has 3 aliphatic rings. The van der Waals surface area contributed by atoms with Gasteiger partial charge in [-0.05, 0) is 54.7 Å². The van der Waals surface area contributed by atoms with E-state index in [0.717, 1.165) is 46.1 Å². The third-order valence-electron chi connectivity index (χ3n) is 8.44. The topological polar surface area (TPSA) is 94.7 Å². The molecule has 0 unspecified atom stereocenters. The molecule has 2 saturated heterocycles. The van der Waals surface area contributed by atoms with Gasteiger partial charge in [0.2, 0.25) is 0 Å². The molecule has 0 bridgehead atoms. The van der Waals surface area contributed by atoms with Crippen LogP contribution in [0.2, 0.25) is 0 Å². The maximum absolute atomic E-state index is 14.3. The molecule has 3 atom stereocenters. The van der Waals surface area contributed by atoms with Crippen LogP contribution in [-0.4, -0.2) is 53.0 Å². The number of amides is 4. The first kappa shape index (κ1) is 24.6. The van der Waals surface area contributed by atoms with E-state index in [9.17, 15) is 14.4 Å². The maximum atomic E-state index is 14.3. The van der Waals surface area contributed by atoms with Crippen LogP contribution in [0.4, 0.5) is 10.5 Å². The Morgan fingerprint density at radius 1 is 1.02 bits per heavy atom. The van der Waals surface area contributed by atoms with Crippen molar-refractivity contribution >= 4 is 34.4 Å². The van der Waals surface area contributed by atoms with Crippen molar-refractivity contribution < 1.29 is 19.1 Å². The molecule has 1 aromatic heterocycles. The highest BCUT2D eigenvalue weighted by molar-refractivity contribution is 6.24. The van der Waals surface area contributed by atoms with Crippen LogP contribution in [0.15, 0.2) is 72.8 Å². The number of hydrogen-bond donors (Lipinski definition) is 2. The Labute approximate surface area is 231 Å². The van der Waals surface area contributed by atoms with Crippen LogP contribution in [0.1, 0.15) is 51.6 Å². The normalized spacial score (nSPS) is 22.1. The molecule has 4 aromatic rings. The van der Waals surface area contributed by atoms with Gasteiger partial charge in [0.15, 0.2) is 0 Å². The summed E-state index contributed by atoms with van der Waals surface area (Å²) in [6, 6.07) is 21.3. The van der Waals surface area contributed by atoms with Crippen molar-refractivity contribution in [3.63, 3.8) is 0 Å². The second kappa shape index (κ2) is 9.64. The summed E-state index contributed by atoms with van der Waals surface area (Å²) < 4.78 is 5.64. The number of nitrogens with zero attached hydrogens (tertiary/aromatic N) is 2. The van der Waals surface area contributed by atoms with Gasteiger partial charge in [0, 0.05) is 36.2 Å². The van der Waals surface area contributed by atoms with Gasteiger partial charge in [-0.25, -0.2) is 9.69 Å². The van der Waals surface area contributed by atoms with Crippen LogP contribution in [0.25, 0.3) is 10.9 Å². The average molecular weight is 535 g/mol. The lowest BCUT2D eigenvalue weighted by Crippen LogP contribution is -2.44. The number of aromatic amines is 1. The molecule has 3 aromatic carbocycles. The summed E-state index contributed by atoms with van der Waals surface area (Å²) in [7, 11) is 0. The van der Waals surface area contributed by atoms with Gasteiger partial charge in [-0.3, -0.25) is 14.5 Å². The minimum atomic E-state index is -0.688. The predicted octanol–water partition coefficient (Wildman–Crippen LogP) is 4.87. The van der Waals surface area contributed by atoms with Crippen LogP contribution in [0.3, 0.4) is 0 Å². The number of aryl methyl sites for hydroxylation is 1. The van der Waals surface area contributed by atoms with E-state index in [4.69, 9.17) is 4.74 Å². The maximum Gasteiger partial charge on any atom is 0.332 e. The molecule has 2 N–H and O–H groups in total. The van der Waals surface area contributed by atoms with Crippen LogP contribution < -0.4 is 10.2 Å². The number of fused-ring (bicyclic) bond motifs is 4. The van der Waals surface area contributed by atoms with Crippen molar-refractivity contribution in [2.75, 3.05) is 18.1 Å². The fourth-order valence-electron chi connectivity index (χ4n) is 6.48. The molecule has 8 heteroatoms. The number of benzene rings is 3. The first-order valence-corrected chi connectivity index (χ1v) is 13.8. The molecule has 0 radical (unpaired) electrons. The van der Waals surface area contributed by atoms with Gasteiger partial charge in [-0.1, -0.05) is 54.6 Å². The van der Waals surface area contributed by atoms with E-state index in [1.165, 1.54) is 4.90 Å². The van der Waals surface area contributed by atoms with Gasteiger partial charge in [0.25, 0.3) is 11.8 Å². The summed E-state index contributed by atoms with van der Waals surface area (Å²) in [5, 5.41) is 4.00. The zero-order valence-electron chi connectivity index (χ0n) is 22.2. The summed E-state index contributed by atoms with van der Waals surface area (Å²) in [6.07, 6.45) is 2.26. The SMILES string of the molecule is Cc1ccccc1[C@@H]1c2[nH]c3ccccc3c2C[C@H]2C(=O)N(c3ccccc3C(=O)NC[C@@H]3CCCO3)C(=O)N12. The Morgan fingerprint density at radius 3 is 2.62 bits per heavy atom. The van der Waals surface area contributed by atoms with Crippen LogP contribution >= 0.6 is 0 Å². The van der Waals surface area contributed by atoms with Crippen molar-refractivity contribution in [1.29, 1.82) is 0 Å². The second-order valence-corrected chi connectivity index (χ2v) is 10.8. The quantitative estimate of drug-likeness (QED) is 0.357. The molecule has 3 aliphatic heterocycles. The predicted molar refractivity (Wildman–Crippen MR) is 151 cm³/mol. The fourth-order valence-corrected chi connectivity index (χ4v) is 6.48. The molecule has 40 heavy (non-hydrogen) atoms. The summed E-state index contributed by atoms with van der Waals surface area (Å²) in [5.74, 6) is -0.651. The minimum absolute atomic E-state index is 0.0150. The van der Waals surface area contributed by atoms with Crippen LogP contribution in [0.5, 0.6) is 0 Å². The highest BCUT2D eigenvalue weighted by Crippen LogP contribution is 2.45. The number of rotatable bonds is 5. The first-order chi connectivity index (χ1) is 19.5. The molecule has 2 fully saturated rings. The number of carbonyl (C=O) groups excluding carboxylic acids is 3. The molecule has 0 saturated carbocycles. The van der Waals surface area contributed by atoms with Gasteiger partial charge in [0.1, 0.15) is 12.1 Å². The molecule has 202 valence electrons. The molecule has 4 heterocycles. The van der Waals surface area contributed by atoms with Crippen molar-refractivity contribution in [1.82, 2.24) is 15.2 Å². The summed E-state index contributed by atoms with van der Waals surface area (Å²) in [5.41, 5.74) is 5.55. The molecule has 0 spiro atoms. The number of imide groups is 1. The van der Waals surface area contributed by atoms with E-state index < -0.39 is 18.1 Å². The Balaban J connectivity index is 1.30. The Kier molecular flexibility index (Phi) is 5.93. The Hall–Kier alpha value is -4.43. The number of anilines is 1. The van der Waals surface area contributed by atoms with Gasteiger partial charge in [-0.15, -0.1) is 0 Å². The van der Waals surface area contributed by atoms with E-state index in [-0.39, 0.29) is 17.9 Å². The van der Waals surface area contributed by atoms with Crippen LogP contribution in [-0.2, 0) is 16.0 Å². The molecule has 7 rings (SSSR count). The van der Waals surface area contributed by atoms with Crippen molar-refractivity contribution in [3.05, 3.63) is 101 Å². The summed E-state index contributed by atoms with van der Waals surface area (Å²) in [6.45, 7) is 3.11. The van der Waals surface area contributed by atoms with Gasteiger partial charge >= 0.3 is 6.03 Å². The number of hydrogen-bond acceptors (Lipinski definition) is 4. The number of aromatic nitrogens is 1. The Morgan fingerprint density at radius 2 is 1.80 bits per heavy atom. The van der Waals surface area contributed by atoms with Crippen molar-refractivity contribution in [2.24, 2.45) is 0 Å². The van der Waals surface area contributed by atoms with E-state index in [1.54, 1.807) is 29.2 Å². The molecule has 8 nitrogen and oxygen atoms in total. The number of nitrogens with one attached hydrogen (secondary N) is 2. The van der Waals surface area contributed by atoms with Gasteiger partial charge < -0.3 is 15.0 Å². The highest BCUT2D eigenvalue weighted by atomic mass is 16.5. The standard InChI is InChI=1S/C32H30N4O4/c1-19-9-2-3-11-21(19)29-28-24(22-12-4-6-14-25(22)34-28)17-27-31(38)36(32(39)35(27)29)26-15-7-5-13-23(26)30(37)33-18-20-10-8-16-40-20/h2-7,9,11-15,20,27,29,34H,8,10,16-18H2,1H3,(H,33,37)/t20-,27-,29+/m0/s1. The lowest BCUT2D eigenvalue weighted by molar-refractivity contribution is -0.120. The summed E-state index contributed by atoms with van der Waals surface area (Å²) >= 11 is 0. The van der Waals surface area contributed by atoms with Crippen LogP contribution in [0, 0.1) is 6.92 Å². The molecular formula is C32H30N4O4.